The molecular weight excluding hydrogens is 384 g/mol. The van der Waals surface area contributed by atoms with Gasteiger partial charge in [-0.2, -0.15) is 4.98 Å². The normalized spacial score (nSPS) is 10.4. The van der Waals surface area contributed by atoms with Gasteiger partial charge in [0, 0.05) is 42.7 Å². The lowest BCUT2D eigenvalue weighted by molar-refractivity contribution is 0.324. The van der Waals surface area contributed by atoms with Crippen molar-refractivity contribution >= 4 is 17.5 Å². The summed E-state index contributed by atoms with van der Waals surface area (Å²) >= 11 is 0. The van der Waals surface area contributed by atoms with Gasteiger partial charge in [-0.25, -0.2) is 15.0 Å². The Morgan fingerprint density at radius 1 is 0.900 bits per heavy atom. The average Bonchev–Trinajstić information content (AvgIpc) is 2.79. The van der Waals surface area contributed by atoms with Gasteiger partial charge in [0.25, 0.3) is 0 Å². The Hall–Kier alpha value is -3.62. The summed E-state index contributed by atoms with van der Waals surface area (Å²) in [5.74, 6) is 3.42. The van der Waals surface area contributed by atoms with Gasteiger partial charge in [0.2, 0.25) is 11.7 Å². The molecule has 0 bridgehead atoms. The highest BCUT2D eigenvalue weighted by Gasteiger charge is 2.14. The highest BCUT2D eigenvalue weighted by molar-refractivity contribution is 5.67. The quantitative estimate of drug-likeness (QED) is 0.568. The molecule has 0 saturated carbocycles. The molecule has 2 heterocycles. The number of methoxy groups -OCH3 is 3. The molecule has 0 unspecified atom stereocenters. The van der Waals surface area contributed by atoms with Crippen LogP contribution in [0.3, 0.4) is 0 Å². The smallest absolute Gasteiger partial charge is 0.230 e. The highest BCUT2D eigenvalue weighted by Crippen LogP contribution is 2.40. The van der Waals surface area contributed by atoms with Crippen LogP contribution in [0.5, 0.6) is 17.2 Å². The molecule has 0 saturated heterocycles. The van der Waals surface area contributed by atoms with E-state index in [0.717, 1.165) is 24.5 Å². The SMILES string of the molecule is CCN(CC)c1cc(-c2ncnc(Nc3cc(OC)c(OC)c(OC)c3)n2)ccn1. The maximum absolute atomic E-state index is 5.40. The maximum atomic E-state index is 5.40. The first-order valence-corrected chi connectivity index (χ1v) is 9.60. The van der Waals surface area contributed by atoms with Gasteiger partial charge < -0.3 is 24.4 Å². The summed E-state index contributed by atoms with van der Waals surface area (Å²) in [6.45, 7) is 5.94. The van der Waals surface area contributed by atoms with Crippen molar-refractivity contribution in [1.29, 1.82) is 0 Å². The molecule has 0 spiro atoms. The standard InChI is InChI=1S/C21H26N6O3/c1-6-27(7-2)18-10-14(8-9-22-18)20-23-13-24-21(26-20)25-15-11-16(28-3)19(30-5)17(12-15)29-4/h8-13H,6-7H2,1-5H3,(H,23,24,25,26). The molecule has 0 amide bonds. The molecule has 3 rings (SSSR count). The fraction of sp³-hybridized carbons (Fsp3) is 0.333. The Kier molecular flexibility index (Phi) is 6.84. The van der Waals surface area contributed by atoms with Gasteiger partial charge in [-0.3, -0.25) is 0 Å². The molecule has 0 fully saturated rings. The van der Waals surface area contributed by atoms with Crippen LogP contribution in [0.1, 0.15) is 13.8 Å². The van der Waals surface area contributed by atoms with Gasteiger partial charge in [-0.05, 0) is 26.0 Å². The third kappa shape index (κ3) is 4.51. The van der Waals surface area contributed by atoms with Crippen LogP contribution in [0.4, 0.5) is 17.5 Å². The number of aromatic nitrogens is 4. The largest absolute Gasteiger partial charge is 0.493 e. The van der Waals surface area contributed by atoms with E-state index >= 15 is 0 Å². The van der Waals surface area contributed by atoms with E-state index in [1.807, 2.05) is 12.1 Å². The number of anilines is 3. The van der Waals surface area contributed by atoms with E-state index in [2.05, 4.69) is 44.0 Å². The molecule has 0 radical (unpaired) electrons. The van der Waals surface area contributed by atoms with Crippen LogP contribution in [0.2, 0.25) is 0 Å². The number of rotatable bonds is 9. The number of hydrogen-bond acceptors (Lipinski definition) is 9. The predicted molar refractivity (Wildman–Crippen MR) is 116 cm³/mol. The summed E-state index contributed by atoms with van der Waals surface area (Å²) in [5, 5.41) is 3.17. The first-order valence-electron chi connectivity index (χ1n) is 9.60. The summed E-state index contributed by atoms with van der Waals surface area (Å²) in [5.41, 5.74) is 1.56. The van der Waals surface area contributed by atoms with E-state index in [9.17, 15) is 0 Å². The fourth-order valence-corrected chi connectivity index (χ4v) is 3.06. The van der Waals surface area contributed by atoms with Crippen molar-refractivity contribution in [2.24, 2.45) is 0 Å². The van der Waals surface area contributed by atoms with E-state index in [-0.39, 0.29) is 0 Å². The molecule has 1 aromatic carbocycles. The van der Waals surface area contributed by atoms with Crippen LogP contribution in [0.25, 0.3) is 11.4 Å². The predicted octanol–water partition coefficient (Wildman–Crippen LogP) is 3.55. The Morgan fingerprint density at radius 3 is 2.20 bits per heavy atom. The summed E-state index contributed by atoms with van der Waals surface area (Å²) in [6, 6.07) is 7.43. The van der Waals surface area contributed by atoms with Crippen LogP contribution in [-0.4, -0.2) is 54.4 Å². The number of hydrogen-bond donors (Lipinski definition) is 1. The molecular formula is C21H26N6O3. The summed E-state index contributed by atoms with van der Waals surface area (Å²) in [6.07, 6.45) is 3.24. The van der Waals surface area contributed by atoms with Crippen LogP contribution in [-0.2, 0) is 0 Å². The minimum Gasteiger partial charge on any atom is -0.493 e. The zero-order valence-electron chi connectivity index (χ0n) is 17.8. The topological polar surface area (TPSA) is 94.5 Å². The second-order valence-electron chi connectivity index (χ2n) is 6.25. The van der Waals surface area contributed by atoms with E-state index in [0.29, 0.717) is 34.7 Å². The van der Waals surface area contributed by atoms with Gasteiger partial charge in [0.1, 0.15) is 12.1 Å². The van der Waals surface area contributed by atoms with Crippen molar-refractivity contribution in [1.82, 2.24) is 19.9 Å². The molecule has 158 valence electrons. The zero-order valence-corrected chi connectivity index (χ0v) is 17.8. The third-order valence-electron chi connectivity index (χ3n) is 4.58. The summed E-state index contributed by atoms with van der Waals surface area (Å²) in [7, 11) is 4.70. The number of benzene rings is 1. The lowest BCUT2D eigenvalue weighted by Crippen LogP contribution is -2.22. The minimum absolute atomic E-state index is 0.399. The van der Waals surface area contributed by atoms with Gasteiger partial charge in [-0.15, -0.1) is 0 Å². The lowest BCUT2D eigenvalue weighted by atomic mass is 10.2. The van der Waals surface area contributed by atoms with Crippen LogP contribution >= 0.6 is 0 Å². The van der Waals surface area contributed by atoms with Crippen LogP contribution in [0.15, 0.2) is 36.8 Å². The van der Waals surface area contributed by atoms with Crippen LogP contribution < -0.4 is 24.4 Å². The number of ether oxygens (including phenoxy) is 3. The van der Waals surface area contributed by atoms with Crippen molar-refractivity contribution in [2.45, 2.75) is 13.8 Å². The van der Waals surface area contributed by atoms with Crippen molar-refractivity contribution in [3.8, 4) is 28.6 Å². The van der Waals surface area contributed by atoms with E-state index in [4.69, 9.17) is 14.2 Å². The number of pyridine rings is 1. The average molecular weight is 410 g/mol. The second kappa shape index (κ2) is 9.73. The van der Waals surface area contributed by atoms with Gasteiger partial charge in [0.15, 0.2) is 17.3 Å². The Labute approximate surface area is 176 Å². The van der Waals surface area contributed by atoms with Crippen molar-refractivity contribution in [3.63, 3.8) is 0 Å². The second-order valence-corrected chi connectivity index (χ2v) is 6.25. The van der Waals surface area contributed by atoms with Crippen LogP contribution in [0, 0.1) is 0 Å². The van der Waals surface area contributed by atoms with Gasteiger partial charge >= 0.3 is 0 Å². The van der Waals surface area contributed by atoms with Gasteiger partial charge in [-0.1, -0.05) is 0 Å². The van der Waals surface area contributed by atoms with E-state index < -0.39 is 0 Å². The lowest BCUT2D eigenvalue weighted by Gasteiger charge is -2.19. The highest BCUT2D eigenvalue weighted by atomic mass is 16.5. The molecule has 30 heavy (non-hydrogen) atoms. The minimum atomic E-state index is 0.399. The monoisotopic (exact) mass is 410 g/mol. The molecule has 3 aromatic rings. The van der Waals surface area contributed by atoms with Gasteiger partial charge in [0.05, 0.1) is 21.3 Å². The third-order valence-corrected chi connectivity index (χ3v) is 4.58. The number of nitrogens with zero attached hydrogens (tertiary/aromatic N) is 5. The van der Waals surface area contributed by atoms with Crippen molar-refractivity contribution in [3.05, 3.63) is 36.8 Å². The van der Waals surface area contributed by atoms with Crippen molar-refractivity contribution < 1.29 is 14.2 Å². The summed E-state index contributed by atoms with van der Waals surface area (Å²) in [4.78, 5) is 19.7. The Morgan fingerprint density at radius 2 is 1.60 bits per heavy atom. The zero-order chi connectivity index (χ0) is 21.5. The summed E-state index contributed by atoms with van der Waals surface area (Å²) < 4.78 is 16.2. The molecule has 0 atom stereocenters. The first kappa shape index (κ1) is 21.1. The molecule has 1 N–H and O–H groups in total. The number of nitrogens with one attached hydrogen (secondary N) is 1. The van der Waals surface area contributed by atoms with E-state index in [1.165, 1.54) is 6.33 Å². The fourth-order valence-electron chi connectivity index (χ4n) is 3.06. The molecule has 0 aliphatic rings. The molecule has 2 aromatic heterocycles. The maximum Gasteiger partial charge on any atom is 0.230 e. The first-order chi connectivity index (χ1) is 14.6. The Balaban J connectivity index is 1.91. The van der Waals surface area contributed by atoms with Crippen molar-refractivity contribution in [2.75, 3.05) is 44.6 Å². The van der Waals surface area contributed by atoms with E-state index in [1.54, 1.807) is 39.7 Å². The Bertz CT molecular complexity index is 969. The molecule has 0 aliphatic heterocycles. The molecule has 9 nitrogen and oxygen atoms in total. The molecule has 9 heteroatoms. The molecule has 0 aliphatic carbocycles.